The Morgan fingerprint density at radius 3 is 3.26 bits per heavy atom. The van der Waals surface area contributed by atoms with Crippen LogP contribution in [0.3, 0.4) is 0 Å². The van der Waals surface area contributed by atoms with E-state index in [1.165, 1.54) is 12.8 Å². The van der Waals surface area contributed by atoms with Crippen molar-refractivity contribution in [1.82, 2.24) is 9.97 Å². The van der Waals surface area contributed by atoms with Crippen molar-refractivity contribution in [3.05, 3.63) is 16.7 Å². The number of hydrogen-bond acceptors (Lipinski definition) is 5. The average Bonchev–Trinajstić information content (AvgIpc) is 3.04. The molecule has 4 rings (SSSR count). The van der Waals surface area contributed by atoms with Crippen LogP contribution in [0.5, 0.6) is 0 Å². The second-order valence-corrected chi connectivity index (χ2v) is 6.29. The van der Waals surface area contributed by atoms with E-state index >= 15 is 0 Å². The maximum Gasteiger partial charge on any atom is 0.225 e. The highest BCUT2D eigenvalue weighted by Crippen LogP contribution is 2.36. The van der Waals surface area contributed by atoms with Gasteiger partial charge in [-0.25, -0.2) is 4.98 Å². The lowest BCUT2D eigenvalue weighted by molar-refractivity contribution is 0.0254. The number of anilines is 1. The van der Waals surface area contributed by atoms with Gasteiger partial charge < -0.3 is 9.64 Å². The molecule has 3 heterocycles. The van der Waals surface area contributed by atoms with E-state index in [9.17, 15) is 0 Å². The molecule has 100 valence electrons. The van der Waals surface area contributed by atoms with E-state index < -0.39 is 0 Å². The van der Waals surface area contributed by atoms with Crippen molar-refractivity contribution in [3.63, 3.8) is 0 Å². The number of ether oxygens (including phenoxy) is 1. The second-order valence-electron chi connectivity index (χ2n) is 5.06. The molecule has 1 saturated carbocycles. The molecule has 0 aromatic carbocycles. The van der Waals surface area contributed by atoms with Gasteiger partial charge in [0.2, 0.25) is 5.28 Å². The number of thiophene rings is 1. The Bertz CT molecular complexity index is 617. The largest absolute Gasteiger partial charge is 0.374 e. The van der Waals surface area contributed by atoms with E-state index in [1.54, 1.807) is 11.3 Å². The van der Waals surface area contributed by atoms with E-state index in [4.69, 9.17) is 16.3 Å². The fourth-order valence-corrected chi connectivity index (χ4v) is 4.20. The quantitative estimate of drug-likeness (QED) is 0.758. The van der Waals surface area contributed by atoms with E-state index in [1.807, 2.05) is 5.38 Å². The van der Waals surface area contributed by atoms with Gasteiger partial charge in [0.15, 0.2) is 0 Å². The summed E-state index contributed by atoms with van der Waals surface area (Å²) in [5.41, 5.74) is 0. The molecule has 0 spiro atoms. The lowest BCUT2D eigenvalue weighted by Gasteiger charge is -2.38. The molecule has 1 aliphatic heterocycles. The maximum absolute atomic E-state index is 6.07. The minimum atomic E-state index is 0.339. The van der Waals surface area contributed by atoms with Crippen molar-refractivity contribution < 1.29 is 4.74 Å². The van der Waals surface area contributed by atoms with E-state index in [-0.39, 0.29) is 0 Å². The normalized spacial score (nSPS) is 26.9. The first-order valence-corrected chi connectivity index (χ1v) is 7.88. The molecule has 2 unspecified atom stereocenters. The highest BCUT2D eigenvalue weighted by atomic mass is 35.5. The molecule has 2 aromatic heterocycles. The molecule has 0 amide bonds. The number of aromatic nitrogens is 2. The molecule has 1 saturated heterocycles. The molecule has 2 atom stereocenters. The molecule has 2 fully saturated rings. The Morgan fingerprint density at radius 1 is 1.37 bits per heavy atom. The van der Waals surface area contributed by atoms with Crippen molar-refractivity contribution in [1.29, 1.82) is 0 Å². The smallest absolute Gasteiger partial charge is 0.225 e. The summed E-state index contributed by atoms with van der Waals surface area (Å²) < 4.78 is 5.86. The molecular weight excluding hydrogens is 282 g/mol. The molecule has 1 aliphatic carbocycles. The van der Waals surface area contributed by atoms with Crippen LogP contribution >= 0.6 is 22.9 Å². The summed E-state index contributed by atoms with van der Waals surface area (Å²) in [4.78, 5) is 12.1. The van der Waals surface area contributed by atoms with Gasteiger partial charge in [-0.2, -0.15) is 4.98 Å². The Hall–Kier alpha value is -0.910. The Morgan fingerprint density at radius 2 is 2.32 bits per heavy atom. The summed E-state index contributed by atoms with van der Waals surface area (Å²) in [6, 6.07) is 2.54. The van der Waals surface area contributed by atoms with Gasteiger partial charge >= 0.3 is 0 Å². The summed E-state index contributed by atoms with van der Waals surface area (Å²) >= 11 is 7.68. The van der Waals surface area contributed by atoms with E-state index in [0.717, 1.165) is 35.6 Å². The van der Waals surface area contributed by atoms with Crippen LogP contribution in [0.2, 0.25) is 5.28 Å². The van der Waals surface area contributed by atoms with Crippen LogP contribution < -0.4 is 4.90 Å². The third-order valence-electron chi connectivity index (χ3n) is 4.03. The molecule has 0 bridgehead atoms. The fraction of sp³-hybridized carbons (Fsp3) is 0.538. The molecule has 2 aliphatic rings. The van der Waals surface area contributed by atoms with Crippen LogP contribution in [0.25, 0.3) is 10.2 Å². The summed E-state index contributed by atoms with van der Waals surface area (Å²) in [6.07, 6.45) is 3.93. The molecule has 19 heavy (non-hydrogen) atoms. The van der Waals surface area contributed by atoms with Crippen LogP contribution in [0.1, 0.15) is 19.3 Å². The maximum atomic E-state index is 6.07. The minimum absolute atomic E-state index is 0.339. The highest BCUT2D eigenvalue weighted by Gasteiger charge is 2.37. The van der Waals surface area contributed by atoms with Crippen LogP contribution in [0.4, 0.5) is 5.82 Å². The Kier molecular flexibility index (Phi) is 2.86. The average molecular weight is 296 g/mol. The molecule has 0 N–H and O–H groups in total. The number of fused-ring (bicyclic) bond motifs is 2. The summed E-state index contributed by atoms with van der Waals surface area (Å²) in [5, 5.41) is 3.50. The van der Waals surface area contributed by atoms with Crippen molar-refractivity contribution in [2.45, 2.75) is 31.4 Å². The molecule has 4 nitrogen and oxygen atoms in total. The van der Waals surface area contributed by atoms with Gasteiger partial charge in [-0.15, -0.1) is 11.3 Å². The molecular formula is C13H14ClN3OS. The first-order chi connectivity index (χ1) is 9.33. The standard InChI is InChI=1S/C13H14ClN3OS/c14-13-15-11(8-4-7-19-12(8)16-13)17-5-6-18-10-3-1-2-9(10)17/h4,7,9-10H,1-3,5-6H2. The van der Waals surface area contributed by atoms with Gasteiger partial charge in [-0.05, 0) is 42.3 Å². The zero-order valence-electron chi connectivity index (χ0n) is 10.4. The van der Waals surface area contributed by atoms with Crippen molar-refractivity contribution >= 4 is 39.0 Å². The van der Waals surface area contributed by atoms with Crippen LogP contribution in [-0.4, -0.2) is 35.3 Å². The summed E-state index contributed by atoms with van der Waals surface area (Å²) in [6.45, 7) is 1.66. The summed E-state index contributed by atoms with van der Waals surface area (Å²) in [5.74, 6) is 0.983. The Balaban J connectivity index is 1.82. The predicted octanol–water partition coefficient (Wildman–Crippen LogP) is 3.10. The van der Waals surface area contributed by atoms with Gasteiger partial charge in [-0.3, -0.25) is 0 Å². The van der Waals surface area contributed by atoms with Crippen molar-refractivity contribution in [2.75, 3.05) is 18.1 Å². The predicted molar refractivity (Wildman–Crippen MR) is 77.2 cm³/mol. The lowest BCUT2D eigenvalue weighted by Crippen LogP contribution is -2.49. The van der Waals surface area contributed by atoms with Crippen molar-refractivity contribution in [2.24, 2.45) is 0 Å². The summed E-state index contributed by atoms with van der Waals surface area (Å²) in [7, 11) is 0. The monoisotopic (exact) mass is 295 g/mol. The van der Waals surface area contributed by atoms with Gasteiger partial charge in [0.25, 0.3) is 0 Å². The SMILES string of the molecule is Clc1nc(N2CCOC3CCCC32)c2ccsc2n1. The van der Waals surface area contributed by atoms with Gasteiger partial charge in [0.05, 0.1) is 24.1 Å². The zero-order valence-corrected chi connectivity index (χ0v) is 12.0. The topological polar surface area (TPSA) is 38.2 Å². The second kappa shape index (κ2) is 4.58. The number of nitrogens with zero attached hydrogens (tertiary/aromatic N) is 3. The number of rotatable bonds is 1. The molecule has 0 radical (unpaired) electrons. The van der Waals surface area contributed by atoms with Crippen LogP contribution in [-0.2, 0) is 4.74 Å². The van der Waals surface area contributed by atoms with Gasteiger partial charge in [0.1, 0.15) is 10.6 Å². The number of morpholine rings is 1. The number of halogens is 1. The van der Waals surface area contributed by atoms with E-state index in [2.05, 4.69) is 20.9 Å². The van der Waals surface area contributed by atoms with Crippen LogP contribution in [0, 0.1) is 0 Å². The number of hydrogen-bond donors (Lipinski definition) is 0. The highest BCUT2D eigenvalue weighted by molar-refractivity contribution is 7.16. The first-order valence-electron chi connectivity index (χ1n) is 6.62. The third kappa shape index (κ3) is 1.91. The molecule has 2 aromatic rings. The third-order valence-corrected chi connectivity index (χ3v) is 5.01. The van der Waals surface area contributed by atoms with Gasteiger partial charge in [0, 0.05) is 6.54 Å². The van der Waals surface area contributed by atoms with Crippen molar-refractivity contribution in [3.8, 4) is 0 Å². The van der Waals surface area contributed by atoms with E-state index in [0.29, 0.717) is 17.4 Å². The lowest BCUT2D eigenvalue weighted by atomic mass is 10.1. The van der Waals surface area contributed by atoms with Crippen LogP contribution in [0.15, 0.2) is 11.4 Å². The zero-order chi connectivity index (χ0) is 12.8. The van der Waals surface area contributed by atoms with Gasteiger partial charge in [-0.1, -0.05) is 0 Å². The molecule has 6 heteroatoms. The first kappa shape index (κ1) is 11.9. The minimum Gasteiger partial charge on any atom is -0.374 e. The fourth-order valence-electron chi connectivity index (χ4n) is 3.22. The Labute approximate surface area is 120 Å².